The third-order valence-electron chi connectivity index (χ3n) is 9.85. The van der Waals surface area contributed by atoms with E-state index in [1.165, 1.54) is 7.11 Å². The van der Waals surface area contributed by atoms with Crippen molar-refractivity contribution in [3.63, 3.8) is 0 Å². The summed E-state index contributed by atoms with van der Waals surface area (Å²) < 4.78 is 4.98. The molecule has 5 aliphatic heterocycles. The van der Waals surface area contributed by atoms with Crippen LogP contribution in [0.1, 0.15) is 87.5 Å². The predicted molar refractivity (Wildman–Crippen MR) is 183 cm³/mol. The zero-order chi connectivity index (χ0) is 33.2. The van der Waals surface area contributed by atoms with Crippen LogP contribution in [0.3, 0.4) is 0 Å². The number of Topliss-reactive ketones (excluding diaryl/α,β-unsaturated/α-hetero) is 1. The molecule has 1 fully saturated rings. The summed E-state index contributed by atoms with van der Waals surface area (Å²) in [7, 11) is 1.40. The lowest BCUT2D eigenvalue weighted by Gasteiger charge is -2.20. The molecule has 0 amide bonds. The van der Waals surface area contributed by atoms with Crippen LogP contribution in [0.15, 0.2) is 100.0 Å². The number of carbonyl (C=O) groups excluding carboxylic acids is 2. The van der Waals surface area contributed by atoms with Crippen molar-refractivity contribution < 1.29 is 19.4 Å². The van der Waals surface area contributed by atoms with E-state index >= 15 is 0 Å². The number of hydrogen-bond acceptors (Lipinski definition) is 8. The zero-order valence-electron chi connectivity index (χ0n) is 28.5. The normalized spacial score (nSPS) is 24.7. The van der Waals surface area contributed by atoms with Crippen molar-refractivity contribution in [1.29, 1.82) is 0 Å². The largest absolute Gasteiger partial charge is 0.469 e. The molecule has 5 heterocycles. The second-order valence-electron chi connectivity index (χ2n) is 14.3. The van der Waals surface area contributed by atoms with E-state index in [1.807, 2.05) is 25.2 Å². The lowest BCUT2D eigenvalue weighted by molar-refractivity contribution is -0.140. The minimum Gasteiger partial charge on any atom is -0.469 e. The number of hydrogen-bond donors (Lipinski definition) is 1. The van der Waals surface area contributed by atoms with Gasteiger partial charge >= 0.3 is 5.97 Å². The van der Waals surface area contributed by atoms with Crippen LogP contribution >= 0.6 is 0 Å². The van der Waals surface area contributed by atoms with Crippen molar-refractivity contribution in [2.75, 3.05) is 7.11 Å². The highest BCUT2D eigenvalue weighted by Gasteiger charge is 2.43. The number of carbonyl (C=O) groups is 2. The molecule has 8 nitrogen and oxygen atoms in total. The fourth-order valence-electron chi connectivity index (χ4n) is 7.46. The maximum absolute atomic E-state index is 13.7. The molecule has 240 valence electrons. The average molecular weight is 621 g/mol. The van der Waals surface area contributed by atoms with Crippen molar-refractivity contribution in [3.05, 3.63) is 80.0 Å². The summed E-state index contributed by atoms with van der Waals surface area (Å²) >= 11 is 0. The number of fused-ring (bicyclic) bond motifs is 4. The number of aliphatic hydroxyl groups is 1. The van der Waals surface area contributed by atoms with Gasteiger partial charge in [-0.1, -0.05) is 34.6 Å². The van der Waals surface area contributed by atoms with Crippen molar-refractivity contribution in [2.45, 2.75) is 93.6 Å². The van der Waals surface area contributed by atoms with E-state index in [0.29, 0.717) is 29.8 Å². The lowest BCUT2D eigenvalue weighted by atomic mass is 9.84. The molecule has 1 saturated carbocycles. The van der Waals surface area contributed by atoms with Crippen LogP contribution in [-0.2, 0) is 14.3 Å². The number of allylic oxidation sites excluding steroid dienone is 10. The van der Waals surface area contributed by atoms with Crippen LogP contribution in [0.2, 0.25) is 0 Å². The first kappa shape index (κ1) is 31.9. The van der Waals surface area contributed by atoms with Crippen LogP contribution in [0.5, 0.6) is 0 Å². The molecule has 0 saturated heterocycles. The molecule has 0 radical (unpaired) electrons. The summed E-state index contributed by atoms with van der Waals surface area (Å²) in [5.41, 5.74) is 12.6. The molecule has 6 aliphatic rings. The number of methoxy groups -OCH3 is 1. The Morgan fingerprint density at radius 2 is 1.67 bits per heavy atom. The summed E-state index contributed by atoms with van der Waals surface area (Å²) in [6.45, 7) is 16.7. The molecule has 46 heavy (non-hydrogen) atoms. The average Bonchev–Trinajstić information content (AvgIpc) is 3.74. The summed E-state index contributed by atoms with van der Waals surface area (Å²) in [5.74, 6) is -0.343. The molecular weight excluding hydrogens is 576 g/mol. The molecule has 0 aromatic carbocycles. The van der Waals surface area contributed by atoms with Gasteiger partial charge in [-0.05, 0) is 86.0 Å². The first-order valence-corrected chi connectivity index (χ1v) is 16.4. The van der Waals surface area contributed by atoms with E-state index < -0.39 is 6.10 Å². The van der Waals surface area contributed by atoms with Gasteiger partial charge < -0.3 is 9.84 Å². The number of aliphatic imine (C=N–C) groups is 4. The molecular formula is C38H44N4O4. The van der Waals surface area contributed by atoms with Crippen molar-refractivity contribution >= 4 is 34.6 Å². The Labute approximate surface area is 271 Å². The molecule has 8 bridgehead atoms. The van der Waals surface area contributed by atoms with Gasteiger partial charge in [0.2, 0.25) is 0 Å². The van der Waals surface area contributed by atoms with Crippen LogP contribution in [0.25, 0.3) is 0 Å². The number of ketones is 1. The molecule has 1 aliphatic carbocycles. The smallest absolute Gasteiger partial charge is 0.305 e. The summed E-state index contributed by atoms with van der Waals surface area (Å²) in [4.78, 5) is 46.5. The quantitative estimate of drug-likeness (QED) is 0.320. The molecule has 0 aromatic rings. The predicted octanol–water partition coefficient (Wildman–Crippen LogP) is 7.06. The minimum absolute atomic E-state index is 0.0116. The highest BCUT2D eigenvalue weighted by atomic mass is 16.5. The SMILES string of the molecule is CCC1=C2C(=O)CC3=C4N=C(C=C5N=C(C=C6N=C(C=C1N=C32)C(CC(C)(C)C)=C6C)C(C(C)O)=C5C)C(C)C4CCC(=O)OC. The summed E-state index contributed by atoms with van der Waals surface area (Å²) in [6.07, 6.45) is 7.81. The highest BCUT2D eigenvalue weighted by molar-refractivity contribution is 6.38. The second kappa shape index (κ2) is 11.6. The van der Waals surface area contributed by atoms with Crippen molar-refractivity contribution in [2.24, 2.45) is 37.2 Å². The molecule has 3 atom stereocenters. The molecule has 6 rings (SSSR count). The second-order valence-corrected chi connectivity index (χ2v) is 14.3. The van der Waals surface area contributed by atoms with Crippen LogP contribution in [0, 0.1) is 17.3 Å². The van der Waals surface area contributed by atoms with Crippen LogP contribution in [-0.4, -0.2) is 52.9 Å². The van der Waals surface area contributed by atoms with Gasteiger partial charge in [0.25, 0.3) is 0 Å². The van der Waals surface area contributed by atoms with Crippen molar-refractivity contribution in [3.8, 4) is 0 Å². The van der Waals surface area contributed by atoms with E-state index in [1.54, 1.807) is 6.92 Å². The van der Waals surface area contributed by atoms with E-state index in [-0.39, 0.29) is 41.8 Å². The monoisotopic (exact) mass is 620 g/mol. The van der Waals surface area contributed by atoms with Gasteiger partial charge in [0, 0.05) is 47.1 Å². The zero-order valence-corrected chi connectivity index (χ0v) is 28.5. The first-order valence-electron chi connectivity index (χ1n) is 16.4. The summed E-state index contributed by atoms with van der Waals surface area (Å²) in [6, 6.07) is 0. The van der Waals surface area contributed by atoms with Crippen molar-refractivity contribution in [1.82, 2.24) is 0 Å². The molecule has 0 spiro atoms. The number of ether oxygens (including phenoxy) is 1. The van der Waals surface area contributed by atoms with Gasteiger partial charge in [0.15, 0.2) is 5.78 Å². The lowest BCUT2D eigenvalue weighted by Crippen LogP contribution is -2.17. The third-order valence-corrected chi connectivity index (χ3v) is 9.85. The topological polar surface area (TPSA) is 113 Å². The van der Waals surface area contributed by atoms with Crippen LogP contribution in [0.4, 0.5) is 0 Å². The van der Waals surface area contributed by atoms with Crippen LogP contribution < -0.4 is 0 Å². The fraction of sp³-hybridized carbons (Fsp3) is 0.474. The van der Waals surface area contributed by atoms with Gasteiger partial charge in [0.05, 0.1) is 53.1 Å². The Balaban J connectivity index is 1.63. The summed E-state index contributed by atoms with van der Waals surface area (Å²) in [5, 5.41) is 10.9. The van der Waals surface area contributed by atoms with E-state index in [2.05, 4.69) is 41.5 Å². The Morgan fingerprint density at radius 1 is 1.00 bits per heavy atom. The number of aliphatic hydroxyl groups excluding tert-OH is 1. The first-order chi connectivity index (χ1) is 21.7. The Hall–Kier alpha value is -4.04. The van der Waals surface area contributed by atoms with Gasteiger partial charge in [-0.3, -0.25) is 14.6 Å². The molecule has 3 unspecified atom stereocenters. The van der Waals surface area contributed by atoms with Gasteiger partial charge in [-0.15, -0.1) is 0 Å². The molecule has 1 N–H and O–H groups in total. The number of esters is 1. The molecule has 0 aromatic heterocycles. The third kappa shape index (κ3) is 5.40. The highest BCUT2D eigenvalue weighted by Crippen LogP contribution is 2.46. The van der Waals surface area contributed by atoms with Gasteiger partial charge in [-0.25, -0.2) is 15.0 Å². The van der Waals surface area contributed by atoms with E-state index in [0.717, 1.165) is 74.1 Å². The minimum atomic E-state index is -0.728. The maximum Gasteiger partial charge on any atom is 0.305 e. The van der Waals surface area contributed by atoms with E-state index in [4.69, 9.17) is 24.7 Å². The number of nitrogens with zero attached hydrogens (tertiary/aromatic N) is 4. The number of rotatable bonds is 6. The standard InChI is InChI=1S/C38H44N4O4/c1-10-22-29-16-30-25(17-38(6,7)8)19(3)26(39-30)15-31-34(21(5)43)20(4)28(40-31)14-27-18(2)23(11-12-33(45)46-9)36(41-27)24-13-32(44)35(22)37(24)42-29/h14-16,18,21,23,43H,10-13,17H2,1-9H3. The Kier molecular flexibility index (Phi) is 8.08. The van der Waals surface area contributed by atoms with E-state index in [9.17, 15) is 14.7 Å². The van der Waals surface area contributed by atoms with Gasteiger partial charge in [0.1, 0.15) is 0 Å². The Morgan fingerprint density at radius 3 is 2.33 bits per heavy atom. The maximum atomic E-state index is 13.7. The Bertz CT molecular complexity index is 1820. The fourth-order valence-corrected chi connectivity index (χ4v) is 7.46. The van der Waals surface area contributed by atoms with Gasteiger partial charge in [-0.2, -0.15) is 0 Å². The molecule has 8 heteroatoms.